The molecule has 0 atom stereocenters. The Morgan fingerprint density at radius 2 is 2.27 bits per heavy atom. The molecule has 1 aromatic heterocycles. The molecule has 1 heterocycles. The minimum Gasteiger partial charge on any atom is -0.464 e. The van der Waals surface area contributed by atoms with Crippen LogP contribution in [-0.2, 0) is 11.3 Å². The van der Waals surface area contributed by atoms with Crippen molar-refractivity contribution >= 4 is 32.8 Å². The molecule has 0 aliphatic heterocycles. The fourth-order valence-electron chi connectivity index (χ4n) is 1.44. The molecule has 3 nitrogen and oxygen atoms in total. The molecule has 0 saturated carbocycles. The molecule has 1 N–H and O–H groups in total. The predicted octanol–water partition coefficient (Wildman–Crippen LogP) is 2.83. The Hall–Kier alpha value is -1.29. The molecule has 2 rings (SSSR count). The zero-order valence-electron chi connectivity index (χ0n) is 8.21. The highest BCUT2D eigenvalue weighted by Crippen LogP contribution is 2.27. The first-order chi connectivity index (χ1) is 7.18. The second-order valence-corrected chi connectivity index (χ2v) is 4.13. The molecule has 1 aromatic carbocycles. The van der Waals surface area contributed by atoms with E-state index in [1.807, 2.05) is 18.2 Å². The summed E-state index contributed by atoms with van der Waals surface area (Å²) in [6.07, 6.45) is 1.65. The number of benzene rings is 1. The highest BCUT2D eigenvalue weighted by Gasteiger charge is 2.07. The maximum Gasteiger partial charge on any atom is 0.217 e. The van der Waals surface area contributed by atoms with Crippen molar-refractivity contribution in [1.82, 2.24) is 5.32 Å². The molecule has 1 amide bonds. The predicted molar refractivity (Wildman–Crippen MR) is 61.4 cm³/mol. The van der Waals surface area contributed by atoms with E-state index < -0.39 is 0 Å². The Morgan fingerprint density at radius 3 is 3.00 bits per heavy atom. The van der Waals surface area contributed by atoms with Crippen molar-refractivity contribution < 1.29 is 9.21 Å². The summed E-state index contributed by atoms with van der Waals surface area (Å²) < 4.78 is 6.38. The fraction of sp³-hybridized carbons (Fsp3) is 0.182. The van der Waals surface area contributed by atoms with E-state index in [0.29, 0.717) is 6.54 Å². The van der Waals surface area contributed by atoms with E-state index in [2.05, 4.69) is 21.2 Å². The minimum absolute atomic E-state index is 0.0439. The van der Waals surface area contributed by atoms with E-state index in [9.17, 15) is 4.79 Å². The van der Waals surface area contributed by atoms with Crippen LogP contribution in [0.15, 0.2) is 33.4 Å². The summed E-state index contributed by atoms with van der Waals surface area (Å²) in [6, 6.07) is 5.79. The molecular formula is C11H10BrNO2. The van der Waals surface area contributed by atoms with Gasteiger partial charge in [0.15, 0.2) is 0 Å². The van der Waals surface area contributed by atoms with Crippen molar-refractivity contribution in [1.29, 1.82) is 0 Å². The van der Waals surface area contributed by atoms with Crippen LogP contribution in [0.25, 0.3) is 11.0 Å². The summed E-state index contributed by atoms with van der Waals surface area (Å²) in [5.74, 6) is -0.0439. The fourth-order valence-corrected chi connectivity index (χ4v) is 1.89. The summed E-state index contributed by atoms with van der Waals surface area (Å²) in [4.78, 5) is 10.8. The van der Waals surface area contributed by atoms with E-state index in [0.717, 1.165) is 21.0 Å². The third kappa shape index (κ3) is 2.04. The van der Waals surface area contributed by atoms with Crippen LogP contribution in [0.4, 0.5) is 0 Å². The van der Waals surface area contributed by atoms with Crippen molar-refractivity contribution in [3.8, 4) is 0 Å². The maximum atomic E-state index is 10.8. The number of nitrogens with one attached hydrogen (secondary N) is 1. The Kier molecular flexibility index (Phi) is 2.77. The third-order valence-electron chi connectivity index (χ3n) is 2.17. The molecular weight excluding hydrogens is 258 g/mol. The quantitative estimate of drug-likeness (QED) is 0.909. The highest BCUT2D eigenvalue weighted by atomic mass is 79.9. The summed E-state index contributed by atoms with van der Waals surface area (Å²) in [5.41, 5.74) is 1.80. The number of carbonyl (C=O) groups excluding carboxylic acids is 1. The van der Waals surface area contributed by atoms with Gasteiger partial charge in [-0.2, -0.15) is 0 Å². The van der Waals surface area contributed by atoms with Crippen molar-refractivity contribution in [3.63, 3.8) is 0 Å². The van der Waals surface area contributed by atoms with Crippen LogP contribution in [-0.4, -0.2) is 5.91 Å². The zero-order valence-corrected chi connectivity index (χ0v) is 9.80. The van der Waals surface area contributed by atoms with E-state index in [1.54, 1.807) is 6.26 Å². The van der Waals surface area contributed by atoms with Gasteiger partial charge in [0.2, 0.25) is 5.91 Å². The maximum absolute atomic E-state index is 10.8. The molecule has 15 heavy (non-hydrogen) atoms. The van der Waals surface area contributed by atoms with Crippen LogP contribution in [0.5, 0.6) is 0 Å². The average molecular weight is 268 g/mol. The first-order valence-corrected chi connectivity index (χ1v) is 5.37. The molecule has 0 aliphatic carbocycles. The molecule has 0 radical (unpaired) electrons. The molecule has 0 saturated heterocycles. The van der Waals surface area contributed by atoms with Crippen LogP contribution in [0.3, 0.4) is 0 Å². The standard InChI is InChI=1S/C11H10BrNO2/c1-7(14)13-6-8-2-3-10(12)9-4-5-15-11(8)9/h2-5H,6H2,1H3,(H,13,14). The van der Waals surface area contributed by atoms with Crippen LogP contribution in [0.2, 0.25) is 0 Å². The summed E-state index contributed by atoms with van der Waals surface area (Å²) >= 11 is 3.44. The van der Waals surface area contributed by atoms with Gasteiger partial charge in [0.1, 0.15) is 5.58 Å². The van der Waals surface area contributed by atoms with Gasteiger partial charge in [-0.3, -0.25) is 4.79 Å². The molecule has 0 spiro atoms. The van der Waals surface area contributed by atoms with Crippen molar-refractivity contribution in [2.75, 3.05) is 0 Å². The lowest BCUT2D eigenvalue weighted by Gasteiger charge is -2.03. The van der Waals surface area contributed by atoms with Gasteiger partial charge < -0.3 is 9.73 Å². The molecule has 0 unspecified atom stereocenters. The number of rotatable bonds is 2. The molecule has 2 aromatic rings. The van der Waals surface area contributed by atoms with Gasteiger partial charge in [0.25, 0.3) is 0 Å². The van der Waals surface area contributed by atoms with Gasteiger partial charge in [-0.25, -0.2) is 0 Å². The molecule has 78 valence electrons. The van der Waals surface area contributed by atoms with Crippen LogP contribution in [0, 0.1) is 0 Å². The number of halogens is 1. The highest BCUT2D eigenvalue weighted by molar-refractivity contribution is 9.10. The number of hydrogen-bond acceptors (Lipinski definition) is 2. The van der Waals surface area contributed by atoms with E-state index in [-0.39, 0.29) is 5.91 Å². The number of furan rings is 1. The van der Waals surface area contributed by atoms with Crippen molar-refractivity contribution in [2.45, 2.75) is 13.5 Å². The lowest BCUT2D eigenvalue weighted by atomic mass is 10.1. The zero-order chi connectivity index (χ0) is 10.8. The van der Waals surface area contributed by atoms with Gasteiger partial charge >= 0.3 is 0 Å². The second-order valence-electron chi connectivity index (χ2n) is 3.28. The lowest BCUT2D eigenvalue weighted by molar-refractivity contribution is -0.119. The SMILES string of the molecule is CC(=O)NCc1ccc(Br)c2ccoc12. The van der Waals surface area contributed by atoms with Crippen LogP contribution >= 0.6 is 15.9 Å². The van der Waals surface area contributed by atoms with Gasteiger partial charge in [-0.1, -0.05) is 22.0 Å². The second kappa shape index (κ2) is 4.06. The molecule has 0 aliphatic rings. The van der Waals surface area contributed by atoms with Gasteiger partial charge in [-0.05, 0) is 12.1 Å². The largest absolute Gasteiger partial charge is 0.464 e. The monoisotopic (exact) mass is 267 g/mol. The molecule has 0 fully saturated rings. The van der Waals surface area contributed by atoms with Crippen molar-refractivity contribution in [3.05, 3.63) is 34.5 Å². The number of hydrogen-bond donors (Lipinski definition) is 1. The number of amides is 1. The van der Waals surface area contributed by atoms with E-state index >= 15 is 0 Å². The van der Waals surface area contributed by atoms with Crippen molar-refractivity contribution in [2.24, 2.45) is 0 Å². The summed E-state index contributed by atoms with van der Waals surface area (Å²) in [5, 5.41) is 3.77. The Bertz CT molecular complexity index is 504. The van der Waals surface area contributed by atoms with Gasteiger partial charge in [0.05, 0.1) is 6.26 Å². The first-order valence-electron chi connectivity index (χ1n) is 4.57. The van der Waals surface area contributed by atoms with E-state index in [4.69, 9.17) is 4.42 Å². The summed E-state index contributed by atoms with van der Waals surface area (Å²) in [6.45, 7) is 1.99. The molecule has 4 heteroatoms. The van der Waals surface area contributed by atoms with Crippen LogP contribution in [0.1, 0.15) is 12.5 Å². The third-order valence-corrected chi connectivity index (χ3v) is 2.86. The Morgan fingerprint density at radius 1 is 1.47 bits per heavy atom. The smallest absolute Gasteiger partial charge is 0.217 e. The summed E-state index contributed by atoms with van der Waals surface area (Å²) in [7, 11) is 0. The Balaban J connectivity index is 2.39. The van der Waals surface area contributed by atoms with Crippen LogP contribution < -0.4 is 5.32 Å². The normalized spacial score (nSPS) is 10.5. The minimum atomic E-state index is -0.0439. The average Bonchev–Trinajstić information content (AvgIpc) is 2.66. The Labute approximate surface area is 95.6 Å². The van der Waals surface area contributed by atoms with Gasteiger partial charge in [0, 0.05) is 28.9 Å². The topological polar surface area (TPSA) is 42.2 Å². The number of fused-ring (bicyclic) bond motifs is 1. The number of carbonyl (C=O) groups is 1. The lowest BCUT2D eigenvalue weighted by Crippen LogP contribution is -2.18. The molecule has 0 bridgehead atoms. The first kappa shape index (κ1) is 10.2. The van der Waals surface area contributed by atoms with Gasteiger partial charge in [-0.15, -0.1) is 0 Å². The van der Waals surface area contributed by atoms with E-state index in [1.165, 1.54) is 6.92 Å².